The average molecular weight is 458 g/mol. The summed E-state index contributed by atoms with van der Waals surface area (Å²) >= 11 is 6.89. The van der Waals surface area contributed by atoms with Crippen LogP contribution in [0.2, 0.25) is 5.02 Å². The first-order valence-corrected chi connectivity index (χ1v) is 11.0. The fourth-order valence-electron chi connectivity index (χ4n) is 3.20. The number of methoxy groups -OCH3 is 1. The van der Waals surface area contributed by atoms with Crippen LogP contribution in [0.15, 0.2) is 54.0 Å². The van der Waals surface area contributed by atoms with Gasteiger partial charge >= 0.3 is 0 Å². The van der Waals surface area contributed by atoms with Crippen molar-refractivity contribution in [3.63, 3.8) is 0 Å². The first kappa shape index (κ1) is 23.0. The van der Waals surface area contributed by atoms with Gasteiger partial charge in [-0.2, -0.15) is 0 Å². The van der Waals surface area contributed by atoms with Crippen molar-refractivity contribution in [2.45, 2.75) is 32.9 Å². The summed E-state index contributed by atoms with van der Waals surface area (Å²) in [6, 6.07) is 11.0. The minimum Gasteiger partial charge on any atom is -0.493 e. The van der Waals surface area contributed by atoms with Gasteiger partial charge in [-0.15, -0.1) is 6.58 Å². The number of carbonyl (C=O) groups excluding carboxylic acids is 2. The molecule has 0 spiro atoms. The predicted molar refractivity (Wildman–Crippen MR) is 126 cm³/mol. The van der Waals surface area contributed by atoms with Gasteiger partial charge in [-0.1, -0.05) is 29.8 Å². The molecule has 0 atom stereocenters. The second kappa shape index (κ2) is 10.1. The Bertz CT molecular complexity index is 1030. The number of hydrogen-bond donors (Lipinski definition) is 0. The summed E-state index contributed by atoms with van der Waals surface area (Å²) in [5.74, 6) is 0.879. The lowest BCUT2D eigenvalue weighted by atomic mass is 10.0. The molecule has 0 aliphatic carbocycles. The Morgan fingerprint density at radius 2 is 1.90 bits per heavy atom. The van der Waals surface area contributed by atoms with Gasteiger partial charge in [0, 0.05) is 16.6 Å². The van der Waals surface area contributed by atoms with Crippen LogP contribution in [0.4, 0.5) is 4.79 Å². The monoisotopic (exact) mass is 457 g/mol. The molecule has 0 radical (unpaired) electrons. The second-order valence-electron chi connectivity index (χ2n) is 7.26. The highest BCUT2D eigenvalue weighted by Gasteiger charge is 2.36. The molecule has 7 heteroatoms. The van der Waals surface area contributed by atoms with Crippen molar-refractivity contribution in [2.75, 3.05) is 7.11 Å². The highest BCUT2D eigenvalue weighted by molar-refractivity contribution is 8.18. The van der Waals surface area contributed by atoms with E-state index in [0.717, 1.165) is 28.5 Å². The largest absolute Gasteiger partial charge is 0.493 e. The lowest BCUT2D eigenvalue weighted by Gasteiger charge is -2.17. The highest BCUT2D eigenvalue weighted by Crippen LogP contribution is 2.38. The number of ether oxygens (including phenoxy) is 2. The van der Waals surface area contributed by atoms with E-state index in [0.29, 0.717) is 34.5 Å². The van der Waals surface area contributed by atoms with E-state index in [1.807, 2.05) is 44.2 Å². The maximum Gasteiger partial charge on any atom is 0.293 e. The van der Waals surface area contributed by atoms with Gasteiger partial charge in [0.05, 0.1) is 12.0 Å². The first-order chi connectivity index (χ1) is 14.8. The summed E-state index contributed by atoms with van der Waals surface area (Å²) in [5, 5.41) is 0.410. The van der Waals surface area contributed by atoms with Gasteiger partial charge in [-0.25, -0.2) is 0 Å². The maximum absolute atomic E-state index is 12.6. The van der Waals surface area contributed by atoms with Crippen molar-refractivity contribution in [2.24, 2.45) is 0 Å². The Morgan fingerprint density at radius 3 is 2.48 bits per heavy atom. The van der Waals surface area contributed by atoms with Crippen LogP contribution in [-0.2, 0) is 17.8 Å². The molecule has 1 aliphatic rings. The number of hydrogen-bond acceptors (Lipinski definition) is 5. The third-order valence-electron chi connectivity index (χ3n) is 4.67. The van der Waals surface area contributed by atoms with Crippen molar-refractivity contribution in [3.8, 4) is 11.5 Å². The number of halogens is 1. The number of thioether (sulfide) groups is 1. The maximum atomic E-state index is 12.6. The minimum absolute atomic E-state index is 0.187. The fraction of sp³-hybridized carbons (Fsp3) is 0.250. The van der Waals surface area contributed by atoms with E-state index >= 15 is 0 Å². The first-order valence-electron chi connectivity index (χ1n) is 9.80. The normalized spacial score (nSPS) is 15.1. The Morgan fingerprint density at radius 1 is 1.19 bits per heavy atom. The number of benzene rings is 2. The number of rotatable bonds is 8. The van der Waals surface area contributed by atoms with E-state index in [-0.39, 0.29) is 17.2 Å². The zero-order valence-electron chi connectivity index (χ0n) is 17.7. The molecular weight excluding hydrogens is 434 g/mol. The zero-order chi connectivity index (χ0) is 22.5. The molecule has 3 rings (SSSR count). The molecule has 5 nitrogen and oxygen atoms in total. The summed E-state index contributed by atoms with van der Waals surface area (Å²) in [6.45, 7) is 7.81. The van der Waals surface area contributed by atoms with E-state index in [4.69, 9.17) is 21.1 Å². The summed E-state index contributed by atoms with van der Waals surface area (Å²) in [7, 11) is 1.57. The summed E-state index contributed by atoms with van der Waals surface area (Å²) < 4.78 is 11.7. The van der Waals surface area contributed by atoms with Crippen LogP contribution in [0.5, 0.6) is 11.5 Å². The van der Waals surface area contributed by atoms with Gasteiger partial charge in [-0.05, 0) is 73.5 Å². The van der Waals surface area contributed by atoms with Gasteiger partial charge < -0.3 is 9.47 Å². The van der Waals surface area contributed by atoms with Gasteiger partial charge in [0.15, 0.2) is 11.5 Å². The van der Waals surface area contributed by atoms with Crippen LogP contribution in [0.25, 0.3) is 6.08 Å². The van der Waals surface area contributed by atoms with Crippen molar-refractivity contribution in [3.05, 3.63) is 75.7 Å². The van der Waals surface area contributed by atoms with E-state index < -0.39 is 0 Å². The topological polar surface area (TPSA) is 55.8 Å². The standard InChI is InChI=1S/C24H24ClNO4S/c1-5-6-18-11-17(13-21-23(27)26(15(2)3)24(28)31-21)12-20(29-4)22(18)30-14-16-7-9-19(25)10-8-16/h5,7-13,15H,1,6,14H2,2-4H3/b21-13+. The molecule has 162 valence electrons. The number of allylic oxidation sites excluding steroid dienone is 1. The van der Waals surface area contributed by atoms with Crippen LogP contribution in [0, 0.1) is 0 Å². The number of nitrogens with zero attached hydrogens (tertiary/aromatic N) is 1. The van der Waals surface area contributed by atoms with Crippen LogP contribution in [0.1, 0.15) is 30.5 Å². The van der Waals surface area contributed by atoms with Crippen LogP contribution >= 0.6 is 23.4 Å². The zero-order valence-corrected chi connectivity index (χ0v) is 19.3. The van der Waals surface area contributed by atoms with Crippen LogP contribution in [0.3, 0.4) is 0 Å². The predicted octanol–water partition coefficient (Wildman–Crippen LogP) is 6.10. The minimum atomic E-state index is -0.280. The summed E-state index contributed by atoms with van der Waals surface area (Å²) in [6.07, 6.45) is 4.05. The molecule has 0 N–H and O–H groups in total. The Kier molecular flexibility index (Phi) is 7.46. The third-order valence-corrected chi connectivity index (χ3v) is 5.81. The Hall–Kier alpha value is -2.70. The highest BCUT2D eigenvalue weighted by atomic mass is 35.5. The molecular formula is C24H24ClNO4S. The molecule has 2 aromatic carbocycles. The smallest absolute Gasteiger partial charge is 0.293 e. The van der Waals surface area contributed by atoms with Crippen molar-refractivity contribution >= 4 is 40.6 Å². The summed E-state index contributed by atoms with van der Waals surface area (Å²) in [4.78, 5) is 26.4. The lowest BCUT2D eigenvalue weighted by Crippen LogP contribution is -2.34. The fourth-order valence-corrected chi connectivity index (χ4v) is 4.29. The second-order valence-corrected chi connectivity index (χ2v) is 8.69. The molecule has 2 amide bonds. The summed E-state index contributed by atoms with van der Waals surface area (Å²) in [5.41, 5.74) is 2.60. The number of amides is 2. The van der Waals surface area contributed by atoms with E-state index in [1.165, 1.54) is 4.90 Å². The SMILES string of the molecule is C=CCc1cc(/C=C2/SC(=O)N(C(C)C)C2=O)cc(OC)c1OCc1ccc(Cl)cc1. The van der Waals surface area contributed by atoms with E-state index in [9.17, 15) is 9.59 Å². The Labute approximate surface area is 191 Å². The molecule has 1 fully saturated rings. The van der Waals surface area contributed by atoms with Crippen molar-refractivity contribution in [1.29, 1.82) is 0 Å². The quantitative estimate of drug-likeness (QED) is 0.354. The number of imide groups is 1. The third kappa shape index (κ3) is 5.32. The van der Waals surface area contributed by atoms with Crippen molar-refractivity contribution < 1.29 is 19.1 Å². The van der Waals surface area contributed by atoms with Crippen LogP contribution in [-0.4, -0.2) is 29.2 Å². The van der Waals surface area contributed by atoms with Gasteiger partial charge in [0.2, 0.25) is 0 Å². The Balaban J connectivity index is 1.92. The average Bonchev–Trinajstić information content (AvgIpc) is 3.01. The number of carbonyl (C=O) groups is 2. The molecule has 1 saturated heterocycles. The molecule has 0 bridgehead atoms. The molecule has 0 aromatic heterocycles. The van der Waals surface area contributed by atoms with Crippen molar-refractivity contribution in [1.82, 2.24) is 4.90 Å². The van der Waals surface area contributed by atoms with E-state index in [1.54, 1.807) is 25.3 Å². The van der Waals surface area contributed by atoms with Gasteiger partial charge in [0.25, 0.3) is 11.1 Å². The molecule has 31 heavy (non-hydrogen) atoms. The molecule has 0 unspecified atom stereocenters. The molecule has 2 aromatic rings. The van der Waals surface area contributed by atoms with Crippen LogP contribution < -0.4 is 9.47 Å². The molecule has 1 aliphatic heterocycles. The van der Waals surface area contributed by atoms with Gasteiger partial charge in [0.1, 0.15) is 6.61 Å². The lowest BCUT2D eigenvalue weighted by molar-refractivity contribution is -0.123. The van der Waals surface area contributed by atoms with E-state index in [2.05, 4.69) is 6.58 Å². The molecule has 0 saturated carbocycles. The van der Waals surface area contributed by atoms with Gasteiger partial charge in [-0.3, -0.25) is 14.5 Å². The molecule has 1 heterocycles.